The molecule has 4 fully saturated rings. The zero-order valence-corrected chi connectivity index (χ0v) is 10.2. The quantitative estimate of drug-likeness (QED) is 0.567. The second kappa shape index (κ2) is 4.52. The zero-order valence-electron chi connectivity index (χ0n) is 10.2. The first-order valence-electron chi connectivity index (χ1n) is 7.17. The minimum absolute atomic E-state index is 0.361. The van der Waals surface area contributed by atoms with Gasteiger partial charge in [0.05, 0.1) is 0 Å². The van der Waals surface area contributed by atoms with E-state index in [-0.39, 0.29) is 0 Å². The van der Waals surface area contributed by atoms with Crippen LogP contribution < -0.4 is 0 Å². The Morgan fingerprint density at radius 1 is 0.938 bits per heavy atom. The lowest BCUT2D eigenvalue weighted by atomic mass is 9.54. The van der Waals surface area contributed by atoms with Gasteiger partial charge in [0.15, 0.2) is 0 Å². The van der Waals surface area contributed by atoms with Crippen LogP contribution in [0.4, 0.5) is 0 Å². The number of aliphatic hydroxyl groups is 1. The van der Waals surface area contributed by atoms with Crippen molar-refractivity contribution in [1.82, 2.24) is 0 Å². The van der Waals surface area contributed by atoms with Crippen LogP contribution in [0.1, 0.15) is 51.4 Å². The maximum atomic E-state index is 8.78. The molecule has 0 aromatic carbocycles. The van der Waals surface area contributed by atoms with Crippen LogP contribution in [0.25, 0.3) is 0 Å². The molecule has 0 atom stereocenters. The van der Waals surface area contributed by atoms with Crippen LogP contribution in [0, 0.1) is 23.7 Å². The fraction of sp³-hybridized carbons (Fsp3) is 0.867. The molecule has 4 rings (SSSR count). The average molecular weight is 220 g/mol. The first-order valence-corrected chi connectivity index (χ1v) is 7.17. The second-order valence-electron chi connectivity index (χ2n) is 6.23. The van der Waals surface area contributed by atoms with Gasteiger partial charge in [-0.25, -0.2) is 0 Å². The molecule has 4 aliphatic rings. The maximum absolute atomic E-state index is 8.78. The molecule has 4 saturated carbocycles. The number of hydrogen-bond acceptors (Lipinski definition) is 1. The van der Waals surface area contributed by atoms with Crippen molar-refractivity contribution in [3.8, 4) is 0 Å². The summed E-state index contributed by atoms with van der Waals surface area (Å²) in [6, 6.07) is 0. The van der Waals surface area contributed by atoms with E-state index in [0.717, 1.165) is 30.1 Å². The van der Waals surface area contributed by atoms with Crippen molar-refractivity contribution in [3.05, 3.63) is 11.6 Å². The molecule has 16 heavy (non-hydrogen) atoms. The van der Waals surface area contributed by atoms with Gasteiger partial charge in [-0.05, 0) is 75.0 Å². The van der Waals surface area contributed by atoms with Crippen molar-refractivity contribution >= 4 is 0 Å². The summed E-state index contributed by atoms with van der Waals surface area (Å²) in [4.78, 5) is 0. The third-order valence-corrected chi connectivity index (χ3v) is 5.07. The third kappa shape index (κ3) is 1.95. The molecule has 1 heteroatoms. The van der Waals surface area contributed by atoms with Crippen LogP contribution in [0.15, 0.2) is 11.6 Å². The summed E-state index contributed by atoms with van der Waals surface area (Å²) < 4.78 is 0. The molecule has 1 nitrogen and oxygen atoms in total. The monoisotopic (exact) mass is 220 g/mol. The highest BCUT2D eigenvalue weighted by atomic mass is 16.2. The molecule has 4 aliphatic carbocycles. The summed E-state index contributed by atoms with van der Waals surface area (Å²) in [5, 5.41) is 8.78. The predicted octanol–water partition coefficient (Wildman–Crippen LogP) is 3.53. The number of unbranched alkanes of at least 4 members (excludes halogenated alkanes) is 2. The Morgan fingerprint density at radius 2 is 1.56 bits per heavy atom. The predicted molar refractivity (Wildman–Crippen MR) is 66.1 cm³/mol. The Morgan fingerprint density at radius 3 is 2.12 bits per heavy atom. The highest BCUT2D eigenvalue weighted by Gasteiger charge is 2.44. The fourth-order valence-electron chi connectivity index (χ4n) is 4.59. The fourth-order valence-corrected chi connectivity index (χ4v) is 4.59. The topological polar surface area (TPSA) is 20.2 Å². The third-order valence-electron chi connectivity index (χ3n) is 5.07. The normalized spacial score (nSPS) is 40.4. The maximum Gasteiger partial charge on any atom is 0.0431 e. The lowest BCUT2D eigenvalue weighted by Gasteiger charge is -2.51. The molecule has 0 aromatic heterocycles. The molecule has 0 aromatic rings. The van der Waals surface area contributed by atoms with Crippen LogP contribution in [0.2, 0.25) is 0 Å². The largest absolute Gasteiger partial charge is 0.396 e. The Labute approximate surface area is 98.9 Å². The van der Waals surface area contributed by atoms with Gasteiger partial charge < -0.3 is 5.11 Å². The number of hydrogen-bond donors (Lipinski definition) is 1. The molecule has 0 unspecified atom stereocenters. The second-order valence-corrected chi connectivity index (χ2v) is 6.23. The molecule has 90 valence electrons. The van der Waals surface area contributed by atoms with Gasteiger partial charge in [0, 0.05) is 6.61 Å². The van der Waals surface area contributed by atoms with Crippen LogP contribution in [-0.2, 0) is 0 Å². The van der Waals surface area contributed by atoms with Gasteiger partial charge in [-0.1, -0.05) is 11.6 Å². The van der Waals surface area contributed by atoms with Crippen molar-refractivity contribution in [2.75, 3.05) is 6.61 Å². The first kappa shape index (κ1) is 10.8. The minimum atomic E-state index is 0.361. The molecule has 0 saturated heterocycles. The number of rotatable bonds is 4. The smallest absolute Gasteiger partial charge is 0.0431 e. The lowest BCUT2D eigenvalue weighted by Crippen LogP contribution is -2.40. The van der Waals surface area contributed by atoms with E-state index in [2.05, 4.69) is 6.08 Å². The summed E-state index contributed by atoms with van der Waals surface area (Å²) in [6.07, 6.45) is 13.4. The van der Waals surface area contributed by atoms with Gasteiger partial charge >= 0.3 is 0 Å². The van der Waals surface area contributed by atoms with E-state index < -0.39 is 0 Å². The van der Waals surface area contributed by atoms with Crippen molar-refractivity contribution in [3.63, 3.8) is 0 Å². The Kier molecular flexibility index (Phi) is 3.06. The Hall–Kier alpha value is -0.300. The number of allylic oxidation sites excluding steroid dienone is 2. The summed E-state index contributed by atoms with van der Waals surface area (Å²) in [6.45, 7) is 0.361. The molecule has 0 aliphatic heterocycles. The van der Waals surface area contributed by atoms with E-state index in [1.807, 2.05) is 5.57 Å². The van der Waals surface area contributed by atoms with Crippen LogP contribution >= 0.6 is 0 Å². The first-order chi connectivity index (χ1) is 7.86. The summed E-state index contributed by atoms with van der Waals surface area (Å²) in [7, 11) is 0. The van der Waals surface area contributed by atoms with E-state index in [9.17, 15) is 0 Å². The molecule has 1 N–H and O–H groups in total. The molecule has 0 heterocycles. The molecule has 0 amide bonds. The van der Waals surface area contributed by atoms with E-state index in [1.54, 1.807) is 6.42 Å². The van der Waals surface area contributed by atoms with Crippen molar-refractivity contribution < 1.29 is 5.11 Å². The van der Waals surface area contributed by atoms with Crippen LogP contribution in [0.5, 0.6) is 0 Å². The van der Waals surface area contributed by atoms with Crippen LogP contribution in [0.3, 0.4) is 0 Å². The summed E-state index contributed by atoms with van der Waals surface area (Å²) in [5.41, 5.74) is 1.82. The van der Waals surface area contributed by atoms with E-state index >= 15 is 0 Å². The van der Waals surface area contributed by atoms with Gasteiger partial charge in [-0.3, -0.25) is 0 Å². The van der Waals surface area contributed by atoms with Crippen molar-refractivity contribution in [1.29, 1.82) is 0 Å². The average Bonchev–Trinajstić information content (AvgIpc) is 2.26. The SMILES string of the molecule is OCCCCC=C1C2CC3CC(C2)CC1C3. The van der Waals surface area contributed by atoms with Crippen molar-refractivity contribution in [2.24, 2.45) is 23.7 Å². The molecule has 4 bridgehead atoms. The Bertz CT molecular complexity index is 249. The minimum Gasteiger partial charge on any atom is -0.396 e. The summed E-state index contributed by atoms with van der Waals surface area (Å²) in [5.74, 6) is 4.09. The van der Waals surface area contributed by atoms with Gasteiger partial charge in [0.25, 0.3) is 0 Å². The lowest BCUT2D eigenvalue weighted by molar-refractivity contribution is 0.0692. The van der Waals surface area contributed by atoms with E-state index in [1.165, 1.54) is 38.5 Å². The van der Waals surface area contributed by atoms with Gasteiger partial charge in [0.2, 0.25) is 0 Å². The highest BCUT2D eigenvalue weighted by molar-refractivity contribution is 5.20. The van der Waals surface area contributed by atoms with Gasteiger partial charge in [0.1, 0.15) is 0 Å². The summed E-state index contributed by atoms with van der Waals surface area (Å²) >= 11 is 0. The Balaban J connectivity index is 1.63. The van der Waals surface area contributed by atoms with Gasteiger partial charge in [-0.15, -0.1) is 0 Å². The van der Waals surface area contributed by atoms with Crippen LogP contribution in [-0.4, -0.2) is 11.7 Å². The standard InChI is InChI=1S/C15H24O/c16-5-3-1-2-4-15-13-7-11-6-12(9-13)10-14(15)8-11/h4,11-14,16H,1-3,5-10H2. The molecular weight excluding hydrogens is 196 g/mol. The van der Waals surface area contributed by atoms with E-state index in [4.69, 9.17) is 5.11 Å². The highest BCUT2D eigenvalue weighted by Crippen LogP contribution is 2.56. The molecule has 0 radical (unpaired) electrons. The molecular formula is C15H24O. The molecule has 0 spiro atoms. The van der Waals surface area contributed by atoms with Crippen molar-refractivity contribution in [2.45, 2.75) is 51.4 Å². The van der Waals surface area contributed by atoms with E-state index in [0.29, 0.717) is 6.61 Å². The van der Waals surface area contributed by atoms with Gasteiger partial charge in [-0.2, -0.15) is 0 Å². The number of aliphatic hydroxyl groups excluding tert-OH is 1. The zero-order chi connectivity index (χ0) is 11.0.